The van der Waals surface area contributed by atoms with Gasteiger partial charge in [0.2, 0.25) is 0 Å². The lowest BCUT2D eigenvalue weighted by atomic mass is 9.58. The van der Waals surface area contributed by atoms with Gasteiger partial charge in [0, 0.05) is 0 Å². The van der Waals surface area contributed by atoms with Crippen molar-refractivity contribution in [2.75, 3.05) is 0 Å². The number of aryl methyl sites for hydroxylation is 1. The van der Waals surface area contributed by atoms with E-state index in [1.165, 1.54) is 76.2 Å². The van der Waals surface area contributed by atoms with Gasteiger partial charge in [-0.15, -0.1) is 0 Å². The average Bonchev–Trinajstić information content (AvgIpc) is 2.82. The summed E-state index contributed by atoms with van der Waals surface area (Å²) in [6.45, 7) is 2.33. The molecule has 0 nitrogen and oxygen atoms in total. The van der Waals surface area contributed by atoms with Crippen molar-refractivity contribution in [2.45, 2.75) is 84.0 Å². The molecule has 0 bridgehead atoms. The molecule has 2 aliphatic rings. The first-order chi connectivity index (χ1) is 15.0. The Kier molecular flexibility index (Phi) is 7.08. The molecule has 2 aliphatic carbocycles. The first kappa shape index (κ1) is 22.4. The predicted octanol–water partition coefficient (Wildman–Crippen LogP) is 8.87. The lowest BCUT2D eigenvalue weighted by Crippen LogP contribution is -2.36. The molecule has 168 valence electrons. The fraction of sp³-hybridized carbons (Fsp3) is 0.571. The normalized spacial score (nSPS) is 25.0. The first-order valence-electron chi connectivity index (χ1n) is 12.2. The van der Waals surface area contributed by atoms with E-state index in [1.807, 2.05) is 12.1 Å². The zero-order valence-corrected chi connectivity index (χ0v) is 18.7. The van der Waals surface area contributed by atoms with Gasteiger partial charge in [-0.2, -0.15) is 0 Å². The second kappa shape index (κ2) is 9.79. The number of hydrogen-bond acceptors (Lipinski definition) is 0. The zero-order chi connectivity index (χ0) is 21.8. The van der Waals surface area contributed by atoms with E-state index >= 15 is 0 Å². The van der Waals surface area contributed by atoms with Crippen molar-refractivity contribution in [3.63, 3.8) is 0 Å². The third-order valence-corrected chi connectivity index (χ3v) is 8.33. The molecule has 31 heavy (non-hydrogen) atoms. The Morgan fingerprint density at radius 1 is 0.806 bits per heavy atom. The maximum atomic E-state index is 13.6. The van der Waals surface area contributed by atoms with Gasteiger partial charge < -0.3 is 0 Å². The highest BCUT2D eigenvalue weighted by atomic mass is 19.2. The summed E-state index contributed by atoms with van der Waals surface area (Å²) in [5.74, 6) is -1.91. The summed E-state index contributed by atoms with van der Waals surface area (Å²) in [5.41, 5.74) is 2.86. The standard InChI is InChI=1S/C28H35F3/c1-2-20-12-15-28(16-13-20,24-6-4-3-5-7-24)17-14-21-8-10-22(11-9-21)23-18-25(29)27(31)26(30)19-23/h8-11,18-20,24H,2-7,12-17H2,1H3/t20-,28-. The molecule has 4 rings (SSSR count). The quantitative estimate of drug-likeness (QED) is 0.403. The molecule has 0 heterocycles. The fourth-order valence-electron chi connectivity index (χ4n) is 6.22. The minimum Gasteiger partial charge on any atom is -0.204 e. The fourth-order valence-corrected chi connectivity index (χ4v) is 6.22. The molecule has 2 aromatic carbocycles. The van der Waals surface area contributed by atoms with E-state index in [0.29, 0.717) is 16.5 Å². The van der Waals surface area contributed by atoms with E-state index in [2.05, 4.69) is 19.1 Å². The van der Waals surface area contributed by atoms with Crippen LogP contribution in [0.1, 0.15) is 83.1 Å². The third-order valence-electron chi connectivity index (χ3n) is 8.33. The first-order valence-corrected chi connectivity index (χ1v) is 12.2. The van der Waals surface area contributed by atoms with Crippen LogP contribution in [-0.4, -0.2) is 0 Å². The molecule has 0 N–H and O–H groups in total. The number of hydrogen-bond donors (Lipinski definition) is 0. The predicted molar refractivity (Wildman–Crippen MR) is 121 cm³/mol. The van der Waals surface area contributed by atoms with Crippen LogP contribution >= 0.6 is 0 Å². The number of benzene rings is 2. The van der Waals surface area contributed by atoms with Crippen LogP contribution < -0.4 is 0 Å². The maximum Gasteiger partial charge on any atom is 0.194 e. The Balaban J connectivity index is 1.46. The van der Waals surface area contributed by atoms with Crippen LogP contribution in [0.25, 0.3) is 11.1 Å². The monoisotopic (exact) mass is 428 g/mol. The summed E-state index contributed by atoms with van der Waals surface area (Å²) in [6, 6.07) is 10.1. The van der Waals surface area contributed by atoms with Gasteiger partial charge in [-0.05, 0) is 97.4 Å². The van der Waals surface area contributed by atoms with Gasteiger partial charge in [-0.1, -0.05) is 56.9 Å². The highest BCUT2D eigenvalue weighted by Crippen LogP contribution is 2.52. The molecule has 0 atom stereocenters. The molecular weight excluding hydrogens is 393 g/mol. The maximum absolute atomic E-state index is 13.6. The van der Waals surface area contributed by atoms with E-state index in [9.17, 15) is 13.2 Å². The lowest BCUT2D eigenvalue weighted by Gasteiger charge is -2.47. The smallest absolute Gasteiger partial charge is 0.194 e. The van der Waals surface area contributed by atoms with Crippen LogP contribution in [-0.2, 0) is 6.42 Å². The highest BCUT2D eigenvalue weighted by Gasteiger charge is 2.41. The van der Waals surface area contributed by atoms with Crippen molar-refractivity contribution in [3.8, 4) is 11.1 Å². The molecule has 2 aromatic rings. The molecule has 0 unspecified atom stereocenters. The zero-order valence-electron chi connectivity index (χ0n) is 18.7. The average molecular weight is 429 g/mol. The van der Waals surface area contributed by atoms with Crippen molar-refractivity contribution in [1.82, 2.24) is 0 Å². The molecule has 0 saturated heterocycles. The molecule has 3 heteroatoms. The summed E-state index contributed by atoms with van der Waals surface area (Å²) in [6.07, 6.45) is 16.1. The third kappa shape index (κ3) is 5.02. The summed E-state index contributed by atoms with van der Waals surface area (Å²) in [7, 11) is 0. The summed E-state index contributed by atoms with van der Waals surface area (Å²) in [5, 5.41) is 0. The van der Waals surface area contributed by atoms with Crippen molar-refractivity contribution in [1.29, 1.82) is 0 Å². The van der Waals surface area contributed by atoms with Crippen LogP contribution in [0.5, 0.6) is 0 Å². The van der Waals surface area contributed by atoms with Crippen LogP contribution in [0.4, 0.5) is 13.2 Å². The van der Waals surface area contributed by atoms with Crippen LogP contribution in [0.15, 0.2) is 36.4 Å². The van der Waals surface area contributed by atoms with E-state index in [4.69, 9.17) is 0 Å². The Bertz CT molecular complexity index is 833. The van der Waals surface area contributed by atoms with Crippen molar-refractivity contribution in [2.24, 2.45) is 17.3 Å². The topological polar surface area (TPSA) is 0 Å². The second-order valence-electron chi connectivity index (χ2n) is 10.00. The Morgan fingerprint density at radius 3 is 2.00 bits per heavy atom. The van der Waals surface area contributed by atoms with Gasteiger partial charge in [-0.25, -0.2) is 13.2 Å². The molecule has 2 saturated carbocycles. The molecule has 0 radical (unpaired) electrons. The van der Waals surface area contributed by atoms with Crippen LogP contribution in [0.2, 0.25) is 0 Å². The van der Waals surface area contributed by atoms with Crippen molar-refractivity contribution >= 4 is 0 Å². The van der Waals surface area contributed by atoms with Gasteiger partial charge in [0.15, 0.2) is 17.5 Å². The Labute approximate surface area is 185 Å². The van der Waals surface area contributed by atoms with Crippen molar-refractivity contribution in [3.05, 3.63) is 59.4 Å². The Hall–Kier alpha value is -1.77. The molecule has 0 aliphatic heterocycles. The summed E-state index contributed by atoms with van der Waals surface area (Å²) in [4.78, 5) is 0. The molecule has 0 spiro atoms. The Morgan fingerprint density at radius 2 is 1.42 bits per heavy atom. The molecule has 0 amide bonds. The van der Waals surface area contributed by atoms with Gasteiger partial charge >= 0.3 is 0 Å². The second-order valence-corrected chi connectivity index (χ2v) is 10.00. The van der Waals surface area contributed by atoms with Gasteiger partial charge in [0.05, 0.1) is 0 Å². The summed E-state index contributed by atoms with van der Waals surface area (Å²) >= 11 is 0. The molecular formula is C28H35F3. The minimum absolute atomic E-state index is 0.375. The van der Waals surface area contributed by atoms with Gasteiger partial charge in [0.25, 0.3) is 0 Å². The van der Waals surface area contributed by atoms with Crippen LogP contribution in [0.3, 0.4) is 0 Å². The van der Waals surface area contributed by atoms with E-state index < -0.39 is 17.5 Å². The van der Waals surface area contributed by atoms with E-state index in [0.717, 1.165) is 30.4 Å². The summed E-state index contributed by atoms with van der Waals surface area (Å²) < 4.78 is 40.4. The number of rotatable bonds is 6. The SMILES string of the molecule is CC[C@H]1CC[C@](CCc2ccc(-c3cc(F)c(F)c(F)c3)cc2)(C2CCCCC2)CC1. The largest absolute Gasteiger partial charge is 0.204 e. The van der Waals surface area contributed by atoms with Gasteiger partial charge in [0.1, 0.15) is 0 Å². The minimum atomic E-state index is -1.41. The molecule has 2 fully saturated rings. The van der Waals surface area contributed by atoms with Crippen molar-refractivity contribution < 1.29 is 13.2 Å². The number of halogens is 3. The van der Waals surface area contributed by atoms with Crippen LogP contribution in [0, 0.1) is 34.7 Å². The highest BCUT2D eigenvalue weighted by molar-refractivity contribution is 5.63. The van der Waals surface area contributed by atoms with E-state index in [1.54, 1.807) is 0 Å². The van der Waals surface area contributed by atoms with E-state index in [-0.39, 0.29) is 0 Å². The van der Waals surface area contributed by atoms with Gasteiger partial charge in [-0.3, -0.25) is 0 Å². The lowest BCUT2D eigenvalue weighted by molar-refractivity contribution is 0.0392. The molecule has 0 aromatic heterocycles.